The predicted molar refractivity (Wildman–Crippen MR) is 78.2 cm³/mol. The minimum absolute atomic E-state index is 0.212. The van der Waals surface area contributed by atoms with Crippen molar-refractivity contribution in [2.45, 2.75) is 52.5 Å². The summed E-state index contributed by atoms with van der Waals surface area (Å²) in [4.78, 5) is 12.1. The monoisotopic (exact) mass is 295 g/mol. The molecule has 1 fully saturated rings. The van der Waals surface area contributed by atoms with Crippen LogP contribution in [0.15, 0.2) is 0 Å². The lowest BCUT2D eigenvalue weighted by atomic mass is 9.89. The number of rotatable bonds is 4. The van der Waals surface area contributed by atoms with Gasteiger partial charge in [0.25, 0.3) is 0 Å². The van der Waals surface area contributed by atoms with Crippen LogP contribution in [0.4, 0.5) is 0 Å². The Balaban J connectivity index is 2.26. The summed E-state index contributed by atoms with van der Waals surface area (Å²) in [7, 11) is 0. The Morgan fingerprint density at radius 2 is 2.05 bits per heavy atom. The summed E-state index contributed by atoms with van der Waals surface area (Å²) in [6.07, 6.45) is 2.05. The van der Waals surface area contributed by atoms with Gasteiger partial charge in [0.05, 0.1) is 12.3 Å². The van der Waals surface area contributed by atoms with Crippen LogP contribution in [0.3, 0.4) is 0 Å². The normalized spacial score (nSPS) is 17.0. The van der Waals surface area contributed by atoms with Gasteiger partial charge >= 0.3 is 5.97 Å². The van der Waals surface area contributed by atoms with Crippen molar-refractivity contribution >= 4 is 5.97 Å². The Morgan fingerprint density at radius 3 is 2.62 bits per heavy atom. The molecule has 2 heterocycles. The van der Waals surface area contributed by atoms with E-state index >= 15 is 0 Å². The van der Waals surface area contributed by atoms with Gasteiger partial charge in [0.15, 0.2) is 5.69 Å². The maximum Gasteiger partial charge on any atom is 0.360 e. The van der Waals surface area contributed by atoms with Crippen molar-refractivity contribution in [2.24, 2.45) is 5.92 Å². The van der Waals surface area contributed by atoms with E-state index in [1.165, 1.54) is 0 Å². The summed E-state index contributed by atoms with van der Waals surface area (Å²) in [5.41, 5.74) is 0.986. The van der Waals surface area contributed by atoms with Crippen LogP contribution in [0.2, 0.25) is 0 Å². The molecule has 0 saturated carbocycles. The van der Waals surface area contributed by atoms with Crippen LogP contribution in [-0.4, -0.2) is 40.8 Å². The van der Waals surface area contributed by atoms with Gasteiger partial charge in [0.2, 0.25) is 0 Å². The molecule has 0 atom stereocenters. The molecule has 21 heavy (non-hydrogen) atoms. The van der Waals surface area contributed by atoms with Gasteiger partial charge in [0, 0.05) is 25.2 Å². The number of nitrogens with zero attached hydrogens (tertiary/aromatic N) is 3. The fraction of sp³-hybridized carbons (Fsp3) is 0.800. The van der Waals surface area contributed by atoms with Gasteiger partial charge in [-0.2, -0.15) is 0 Å². The van der Waals surface area contributed by atoms with E-state index in [1.807, 2.05) is 4.68 Å². The highest BCUT2D eigenvalue weighted by atomic mass is 16.5. The molecule has 1 aromatic rings. The van der Waals surface area contributed by atoms with Crippen LogP contribution in [0.5, 0.6) is 0 Å². The summed E-state index contributed by atoms with van der Waals surface area (Å²) in [6, 6.07) is 0. The van der Waals surface area contributed by atoms with Crippen molar-refractivity contribution in [3.8, 4) is 0 Å². The SMILES string of the molecule is CCOC(=O)c1nnn(CC2CCOCC2)c1C(C)(C)C. The highest BCUT2D eigenvalue weighted by Gasteiger charge is 2.30. The van der Waals surface area contributed by atoms with Gasteiger partial charge < -0.3 is 9.47 Å². The summed E-state index contributed by atoms with van der Waals surface area (Å²) in [5, 5.41) is 8.28. The van der Waals surface area contributed by atoms with Crippen molar-refractivity contribution in [1.82, 2.24) is 15.0 Å². The summed E-state index contributed by atoms with van der Waals surface area (Å²) >= 11 is 0. The van der Waals surface area contributed by atoms with E-state index in [9.17, 15) is 4.79 Å². The molecule has 0 spiro atoms. The molecule has 1 saturated heterocycles. The standard InChI is InChI=1S/C15H25N3O3/c1-5-21-14(19)12-13(15(2,3)4)18(17-16-12)10-11-6-8-20-9-7-11/h11H,5-10H2,1-4H3. The lowest BCUT2D eigenvalue weighted by Crippen LogP contribution is -2.27. The van der Waals surface area contributed by atoms with Gasteiger partial charge in [0.1, 0.15) is 0 Å². The second kappa shape index (κ2) is 6.56. The van der Waals surface area contributed by atoms with Gasteiger partial charge in [-0.3, -0.25) is 0 Å². The van der Waals surface area contributed by atoms with Crippen LogP contribution in [-0.2, 0) is 21.4 Å². The summed E-state index contributed by atoms with van der Waals surface area (Å²) in [6.45, 7) is 10.7. The van der Waals surface area contributed by atoms with E-state index in [2.05, 4.69) is 31.1 Å². The van der Waals surface area contributed by atoms with Crippen molar-refractivity contribution < 1.29 is 14.3 Å². The van der Waals surface area contributed by atoms with Gasteiger partial charge in [-0.05, 0) is 25.7 Å². The minimum Gasteiger partial charge on any atom is -0.461 e. The third-order valence-corrected chi connectivity index (χ3v) is 3.69. The number of ether oxygens (including phenoxy) is 2. The van der Waals surface area contributed by atoms with Crippen LogP contribution in [0.25, 0.3) is 0 Å². The largest absolute Gasteiger partial charge is 0.461 e. The lowest BCUT2D eigenvalue weighted by molar-refractivity contribution is 0.0514. The predicted octanol–water partition coefficient (Wildman–Crippen LogP) is 2.18. The molecule has 0 aliphatic carbocycles. The molecule has 0 N–H and O–H groups in total. The zero-order chi connectivity index (χ0) is 15.5. The molecule has 118 valence electrons. The smallest absolute Gasteiger partial charge is 0.360 e. The number of aromatic nitrogens is 3. The third-order valence-electron chi connectivity index (χ3n) is 3.69. The molecule has 1 aliphatic heterocycles. The lowest BCUT2D eigenvalue weighted by Gasteiger charge is -2.25. The van der Waals surface area contributed by atoms with E-state index in [0.29, 0.717) is 18.2 Å². The molecule has 0 unspecified atom stereocenters. The molecular formula is C15H25N3O3. The first kappa shape index (κ1) is 15.9. The first-order valence-corrected chi connectivity index (χ1v) is 7.62. The molecule has 0 bridgehead atoms. The highest BCUT2D eigenvalue weighted by Crippen LogP contribution is 2.27. The molecule has 0 radical (unpaired) electrons. The highest BCUT2D eigenvalue weighted by molar-refractivity contribution is 5.88. The van der Waals surface area contributed by atoms with E-state index in [1.54, 1.807) is 6.92 Å². The average Bonchev–Trinajstić information content (AvgIpc) is 2.84. The second-order valence-electron chi connectivity index (χ2n) is 6.49. The van der Waals surface area contributed by atoms with Crippen LogP contribution in [0.1, 0.15) is 56.7 Å². The fourth-order valence-corrected chi connectivity index (χ4v) is 2.69. The fourth-order valence-electron chi connectivity index (χ4n) is 2.69. The molecule has 1 aliphatic rings. The van der Waals surface area contributed by atoms with E-state index in [0.717, 1.165) is 38.3 Å². The van der Waals surface area contributed by atoms with E-state index in [4.69, 9.17) is 9.47 Å². The quantitative estimate of drug-likeness (QED) is 0.797. The Hall–Kier alpha value is -1.43. The van der Waals surface area contributed by atoms with Crippen LogP contribution >= 0.6 is 0 Å². The molecule has 0 aromatic carbocycles. The zero-order valence-corrected chi connectivity index (χ0v) is 13.4. The number of hydrogen-bond donors (Lipinski definition) is 0. The average molecular weight is 295 g/mol. The first-order valence-electron chi connectivity index (χ1n) is 7.62. The maximum atomic E-state index is 12.1. The Bertz CT molecular complexity index is 485. The Labute approximate surface area is 125 Å². The molecule has 0 amide bonds. The molecular weight excluding hydrogens is 270 g/mol. The topological polar surface area (TPSA) is 66.2 Å². The number of esters is 1. The Morgan fingerprint density at radius 1 is 1.38 bits per heavy atom. The maximum absolute atomic E-state index is 12.1. The molecule has 2 rings (SSSR count). The van der Waals surface area contributed by atoms with Crippen LogP contribution in [0, 0.1) is 5.92 Å². The number of hydrogen-bond acceptors (Lipinski definition) is 5. The van der Waals surface area contributed by atoms with Gasteiger partial charge in [-0.1, -0.05) is 26.0 Å². The van der Waals surface area contributed by atoms with Crippen molar-refractivity contribution in [3.05, 3.63) is 11.4 Å². The van der Waals surface area contributed by atoms with Gasteiger partial charge in [-0.25, -0.2) is 9.48 Å². The van der Waals surface area contributed by atoms with Gasteiger partial charge in [-0.15, -0.1) is 5.10 Å². The van der Waals surface area contributed by atoms with Crippen molar-refractivity contribution in [1.29, 1.82) is 0 Å². The summed E-state index contributed by atoms with van der Waals surface area (Å²) in [5.74, 6) is 0.136. The van der Waals surface area contributed by atoms with Crippen molar-refractivity contribution in [3.63, 3.8) is 0 Å². The third kappa shape index (κ3) is 3.81. The van der Waals surface area contributed by atoms with Crippen LogP contribution < -0.4 is 0 Å². The van der Waals surface area contributed by atoms with Crippen molar-refractivity contribution in [2.75, 3.05) is 19.8 Å². The van der Waals surface area contributed by atoms with E-state index in [-0.39, 0.29) is 11.4 Å². The number of carbonyl (C=O) groups excluding carboxylic acids is 1. The molecule has 6 nitrogen and oxygen atoms in total. The zero-order valence-electron chi connectivity index (χ0n) is 13.4. The summed E-state index contributed by atoms with van der Waals surface area (Å²) < 4.78 is 12.4. The Kier molecular flexibility index (Phi) is 4.98. The second-order valence-corrected chi connectivity index (χ2v) is 6.49. The first-order chi connectivity index (χ1) is 9.93. The minimum atomic E-state index is -0.388. The molecule has 1 aromatic heterocycles. The number of carbonyl (C=O) groups is 1. The molecule has 6 heteroatoms. The van der Waals surface area contributed by atoms with E-state index < -0.39 is 0 Å².